The minimum atomic E-state index is -0.109. The molecule has 5 nitrogen and oxygen atoms in total. The Morgan fingerprint density at radius 2 is 2.50 bits per heavy atom. The molecule has 56 valence electrons. The van der Waals surface area contributed by atoms with Crippen LogP contribution in [0.1, 0.15) is 0 Å². The number of halogens is 1. The van der Waals surface area contributed by atoms with Crippen LogP contribution < -0.4 is 11.1 Å². The van der Waals surface area contributed by atoms with Gasteiger partial charge in [0.05, 0.1) is 0 Å². The first kappa shape index (κ1) is 8.77. The van der Waals surface area contributed by atoms with Gasteiger partial charge in [0, 0.05) is 12.3 Å². The highest BCUT2D eigenvalue weighted by Gasteiger charge is 1.90. The van der Waals surface area contributed by atoms with E-state index in [-0.39, 0.29) is 18.4 Å². The molecule has 0 aliphatic carbocycles. The number of nitrogens with two attached hydrogens (primary N) is 1. The van der Waals surface area contributed by atoms with Crippen LogP contribution in [-0.4, -0.2) is 16.2 Å². The third-order valence-corrected chi connectivity index (χ3v) is 0.763. The summed E-state index contributed by atoms with van der Waals surface area (Å²) in [5.41, 5.74) is 5.00. The first-order chi connectivity index (χ1) is 4.29. The Morgan fingerprint density at radius 3 is 2.90 bits per heavy atom. The number of aromatic amines is 1. The number of nitrogens with one attached hydrogen (secondary N) is 3. The van der Waals surface area contributed by atoms with Crippen molar-refractivity contribution in [2.75, 3.05) is 5.32 Å². The van der Waals surface area contributed by atoms with Crippen LogP contribution in [0, 0.1) is 5.41 Å². The van der Waals surface area contributed by atoms with E-state index in [9.17, 15) is 0 Å². The molecule has 0 aromatic carbocycles. The van der Waals surface area contributed by atoms with Crippen molar-refractivity contribution < 1.29 is 0 Å². The molecule has 0 aliphatic heterocycles. The topological polar surface area (TPSA) is 90.6 Å². The van der Waals surface area contributed by atoms with E-state index in [4.69, 9.17) is 11.1 Å². The monoisotopic (exact) mass is 161 g/mol. The molecule has 0 amide bonds. The maximum atomic E-state index is 6.78. The van der Waals surface area contributed by atoms with Crippen molar-refractivity contribution in [3.63, 3.8) is 0 Å². The number of rotatable bonds is 1. The van der Waals surface area contributed by atoms with Gasteiger partial charge in [-0.15, -0.1) is 12.4 Å². The highest BCUT2D eigenvalue weighted by molar-refractivity contribution is 5.88. The largest absolute Gasteiger partial charge is 0.370 e. The fourth-order valence-corrected chi connectivity index (χ4v) is 0.468. The molecule has 6 heteroatoms. The molecular formula is C4H8ClN5. The number of hydrogen-bond donors (Lipinski definition) is 4. The van der Waals surface area contributed by atoms with E-state index in [1.165, 1.54) is 0 Å². The predicted molar refractivity (Wildman–Crippen MR) is 41.4 cm³/mol. The van der Waals surface area contributed by atoms with Crippen molar-refractivity contribution in [2.24, 2.45) is 5.73 Å². The molecule has 0 spiro atoms. The molecule has 0 atom stereocenters. The Bertz CT molecular complexity index is 193. The first-order valence-corrected chi connectivity index (χ1v) is 2.40. The van der Waals surface area contributed by atoms with E-state index < -0.39 is 0 Å². The van der Waals surface area contributed by atoms with Crippen molar-refractivity contribution in [3.8, 4) is 0 Å². The minimum absolute atomic E-state index is 0. The summed E-state index contributed by atoms with van der Waals surface area (Å²) in [4.78, 5) is 0. The molecule has 1 heterocycles. The molecule has 0 aliphatic rings. The van der Waals surface area contributed by atoms with E-state index in [1.54, 1.807) is 12.3 Å². The van der Waals surface area contributed by atoms with Crippen LogP contribution in [0.4, 0.5) is 5.82 Å². The van der Waals surface area contributed by atoms with Crippen LogP contribution in [0.25, 0.3) is 0 Å². The van der Waals surface area contributed by atoms with Crippen LogP contribution in [0.3, 0.4) is 0 Å². The lowest BCUT2D eigenvalue weighted by Crippen LogP contribution is -2.20. The molecule has 5 N–H and O–H groups in total. The molecule has 0 bridgehead atoms. The molecule has 0 saturated carbocycles. The second kappa shape index (κ2) is 3.73. The summed E-state index contributed by atoms with van der Waals surface area (Å²) in [6, 6.07) is 1.68. The lowest BCUT2D eigenvalue weighted by Gasteiger charge is -1.94. The second-order valence-corrected chi connectivity index (χ2v) is 1.50. The third-order valence-electron chi connectivity index (χ3n) is 0.763. The molecular weight excluding hydrogens is 154 g/mol. The molecule has 0 unspecified atom stereocenters. The van der Waals surface area contributed by atoms with Gasteiger partial charge in [0.2, 0.25) is 0 Å². The molecule has 0 radical (unpaired) electrons. The van der Waals surface area contributed by atoms with E-state index in [0.717, 1.165) is 0 Å². The fourth-order valence-electron chi connectivity index (χ4n) is 0.468. The Balaban J connectivity index is 0.000000810. The molecule has 10 heavy (non-hydrogen) atoms. The molecule has 1 aromatic heterocycles. The average Bonchev–Trinajstić information content (AvgIpc) is 2.15. The Kier molecular flexibility index (Phi) is 3.27. The molecule has 0 saturated heterocycles. The number of nitrogens with zero attached hydrogens (tertiary/aromatic N) is 1. The van der Waals surface area contributed by atoms with Crippen LogP contribution >= 0.6 is 12.4 Å². The van der Waals surface area contributed by atoms with E-state index >= 15 is 0 Å². The van der Waals surface area contributed by atoms with Gasteiger partial charge in [0.25, 0.3) is 0 Å². The smallest absolute Gasteiger partial charge is 0.191 e. The zero-order chi connectivity index (χ0) is 6.69. The average molecular weight is 162 g/mol. The van der Waals surface area contributed by atoms with Crippen molar-refractivity contribution >= 4 is 24.2 Å². The normalized spacial score (nSPS) is 8.00. The zero-order valence-electron chi connectivity index (χ0n) is 5.09. The summed E-state index contributed by atoms with van der Waals surface area (Å²) in [7, 11) is 0. The van der Waals surface area contributed by atoms with Gasteiger partial charge in [-0.2, -0.15) is 5.10 Å². The van der Waals surface area contributed by atoms with E-state index in [0.29, 0.717) is 5.82 Å². The van der Waals surface area contributed by atoms with Gasteiger partial charge in [0.1, 0.15) is 0 Å². The SMILES string of the molecule is Cl.N=C(N)Nc1cc[nH]n1. The second-order valence-electron chi connectivity index (χ2n) is 1.50. The third kappa shape index (κ3) is 2.36. The summed E-state index contributed by atoms with van der Waals surface area (Å²) in [5, 5.41) is 15.6. The quantitative estimate of drug-likeness (QED) is 0.349. The van der Waals surface area contributed by atoms with Crippen LogP contribution in [-0.2, 0) is 0 Å². The maximum absolute atomic E-state index is 6.78. The summed E-state index contributed by atoms with van der Waals surface area (Å²) in [6.45, 7) is 0. The van der Waals surface area contributed by atoms with Gasteiger partial charge in [-0.1, -0.05) is 0 Å². The number of hydrogen-bond acceptors (Lipinski definition) is 2. The summed E-state index contributed by atoms with van der Waals surface area (Å²) in [6.07, 6.45) is 1.64. The summed E-state index contributed by atoms with van der Waals surface area (Å²) >= 11 is 0. The van der Waals surface area contributed by atoms with Gasteiger partial charge in [-0.05, 0) is 0 Å². The number of aromatic nitrogens is 2. The number of anilines is 1. The molecule has 1 aromatic rings. The summed E-state index contributed by atoms with van der Waals surface area (Å²) in [5.74, 6) is 0.449. The van der Waals surface area contributed by atoms with E-state index in [1.807, 2.05) is 0 Å². The number of H-pyrrole nitrogens is 1. The van der Waals surface area contributed by atoms with Crippen LogP contribution in [0.15, 0.2) is 12.3 Å². The minimum Gasteiger partial charge on any atom is -0.370 e. The predicted octanol–water partition coefficient (Wildman–Crippen LogP) is 0.137. The van der Waals surface area contributed by atoms with Crippen molar-refractivity contribution in [3.05, 3.63) is 12.3 Å². The Labute approximate surface area is 63.9 Å². The van der Waals surface area contributed by atoms with Gasteiger partial charge < -0.3 is 11.1 Å². The zero-order valence-corrected chi connectivity index (χ0v) is 5.90. The molecule has 0 fully saturated rings. The first-order valence-electron chi connectivity index (χ1n) is 2.40. The van der Waals surface area contributed by atoms with Crippen LogP contribution in [0.2, 0.25) is 0 Å². The van der Waals surface area contributed by atoms with Gasteiger partial charge in [-0.25, -0.2) is 0 Å². The maximum Gasteiger partial charge on any atom is 0.191 e. The lowest BCUT2D eigenvalue weighted by molar-refractivity contribution is 1.09. The van der Waals surface area contributed by atoms with E-state index in [2.05, 4.69) is 15.5 Å². The van der Waals surface area contributed by atoms with Crippen molar-refractivity contribution in [1.29, 1.82) is 5.41 Å². The Hall–Kier alpha value is -1.23. The number of guanidine groups is 1. The Morgan fingerprint density at radius 1 is 1.80 bits per heavy atom. The molecule has 1 rings (SSSR count). The highest BCUT2D eigenvalue weighted by Crippen LogP contribution is 1.95. The standard InChI is InChI=1S/C4H7N5.ClH/c5-4(6)8-3-1-2-7-9-3;/h1-2H,(H5,5,6,7,8,9);1H. The summed E-state index contributed by atoms with van der Waals surface area (Å²) < 4.78 is 0. The van der Waals surface area contributed by atoms with Crippen molar-refractivity contribution in [1.82, 2.24) is 10.2 Å². The van der Waals surface area contributed by atoms with Crippen molar-refractivity contribution in [2.45, 2.75) is 0 Å². The van der Waals surface area contributed by atoms with Crippen LogP contribution in [0.5, 0.6) is 0 Å². The van der Waals surface area contributed by atoms with Gasteiger partial charge in [-0.3, -0.25) is 10.5 Å². The fraction of sp³-hybridized carbons (Fsp3) is 0. The lowest BCUT2D eigenvalue weighted by atomic mass is 10.6. The van der Waals surface area contributed by atoms with Gasteiger partial charge in [0.15, 0.2) is 11.8 Å². The highest BCUT2D eigenvalue weighted by atomic mass is 35.5. The van der Waals surface area contributed by atoms with Gasteiger partial charge >= 0.3 is 0 Å².